The molecule has 0 bridgehead atoms. The van der Waals surface area contributed by atoms with Crippen LogP contribution in [0.25, 0.3) is 0 Å². The first-order valence-electron chi connectivity index (χ1n) is 8.81. The highest BCUT2D eigenvalue weighted by molar-refractivity contribution is 6.07. The van der Waals surface area contributed by atoms with Crippen LogP contribution in [-0.4, -0.2) is 12.5 Å². The quantitative estimate of drug-likeness (QED) is 0.736. The molecule has 1 heterocycles. The summed E-state index contributed by atoms with van der Waals surface area (Å²) in [5.41, 5.74) is 2.98. The number of amides is 1. The molecule has 1 atom stereocenters. The van der Waals surface area contributed by atoms with E-state index in [9.17, 15) is 13.6 Å². The van der Waals surface area contributed by atoms with E-state index >= 15 is 0 Å². The number of benzene rings is 2. The van der Waals surface area contributed by atoms with Gasteiger partial charge in [0, 0.05) is 18.2 Å². The van der Waals surface area contributed by atoms with Crippen molar-refractivity contribution in [1.29, 1.82) is 0 Å². The maximum atomic E-state index is 14.0. The largest absolute Gasteiger partial charge is 0.307 e. The lowest BCUT2D eigenvalue weighted by Crippen LogP contribution is -2.30. The van der Waals surface area contributed by atoms with Crippen molar-refractivity contribution in [3.63, 3.8) is 0 Å². The zero-order valence-electron chi connectivity index (χ0n) is 14.9. The van der Waals surface area contributed by atoms with Gasteiger partial charge in [0.05, 0.1) is 5.56 Å². The van der Waals surface area contributed by atoms with Crippen molar-refractivity contribution < 1.29 is 13.6 Å². The number of anilines is 1. The normalized spacial score (nSPS) is 16.4. The van der Waals surface area contributed by atoms with E-state index in [1.165, 1.54) is 17.7 Å². The van der Waals surface area contributed by atoms with Crippen molar-refractivity contribution in [3.05, 3.63) is 64.7 Å². The van der Waals surface area contributed by atoms with Crippen molar-refractivity contribution in [2.24, 2.45) is 5.92 Å². The Kier molecular flexibility index (Phi) is 4.89. The third-order valence-corrected chi connectivity index (χ3v) is 4.79. The van der Waals surface area contributed by atoms with Crippen LogP contribution in [0.5, 0.6) is 0 Å². The highest BCUT2D eigenvalue weighted by atomic mass is 19.2. The Bertz CT molecular complexity index is 800. The van der Waals surface area contributed by atoms with Crippen LogP contribution < -0.4 is 4.90 Å². The van der Waals surface area contributed by atoms with E-state index in [2.05, 4.69) is 26.8 Å². The molecule has 1 unspecified atom stereocenters. The Balaban J connectivity index is 1.98. The summed E-state index contributed by atoms with van der Waals surface area (Å²) in [6.07, 6.45) is 1.88. The molecule has 0 aromatic heterocycles. The molecule has 132 valence electrons. The number of hydrogen-bond acceptors (Lipinski definition) is 1. The summed E-state index contributed by atoms with van der Waals surface area (Å²) in [7, 11) is 0. The van der Waals surface area contributed by atoms with Crippen LogP contribution in [0.15, 0.2) is 36.4 Å². The second kappa shape index (κ2) is 6.95. The molecule has 0 radical (unpaired) electrons. The maximum Gasteiger partial charge on any atom is 0.261 e. The van der Waals surface area contributed by atoms with Gasteiger partial charge in [0.1, 0.15) is 0 Å². The molecule has 0 fully saturated rings. The Labute approximate surface area is 147 Å². The molecule has 1 aliphatic rings. The van der Waals surface area contributed by atoms with Crippen molar-refractivity contribution in [3.8, 4) is 0 Å². The summed E-state index contributed by atoms with van der Waals surface area (Å²) in [6.45, 7) is 6.94. The van der Waals surface area contributed by atoms with Crippen molar-refractivity contribution in [2.45, 2.75) is 39.5 Å². The minimum absolute atomic E-state index is 0.214. The lowest BCUT2D eigenvalue weighted by Gasteiger charge is -2.18. The van der Waals surface area contributed by atoms with Gasteiger partial charge in [-0.1, -0.05) is 39.0 Å². The van der Waals surface area contributed by atoms with Gasteiger partial charge in [-0.15, -0.1) is 0 Å². The van der Waals surface area contributed by atoms with Crippen molar-refractivity contribution >= 4 is 11.6 Å². The summed E-state index contributed by atoms with van der Waals surface area (Å²) in [5.74, 6) is -1.78. The molecule has 2 aromatic carbocycles. The van der Waals surface area contributed by atoms with Gasteiger partial charge in [0.2, 0.25) is 0 Å². The van der Waals surface area contributed by atoms with Gasteiger partial charge in [-0.2, -0.15) is 0 Å². The molecule has 4 heteroatoms. The minimum Gasteiger partial charge on any atom is -0.307 e. The summed E-state index contributed by atoms with van der Waals surface area (Å²) in [4.78, 5) is 14.4. The van der Waals surface area contributed by atoms with Gasteiger partial charge < -0.3 is 4.90 Å². The number of rotatable bonds is 4. The summed E-state index contributed by atoms with van der Waals surface area (Å²) >= 11 is 0. The van der Waals surface area contributed by atoms with Crippen LogP contribution in [0.1, 0.15) is 54.6 Å². The molecule has 0 spiro atoms. The summed E-state index contributed by atoms with van der Waals surface area (Å²) in [6, 6.07) is 9.87. The highest BCUT2D eigenvalue weighted by Crippen LogP contribution is 2.40. The fourth-order valence-electron chi connectivity index (χ4n) is 3.55. The first-order chi connectivity index (χ1) is 11.9. The van der Waals surface area contributed by atoms with Crippen molar-refractivity contribution in [2.75, 3.05) is 11.4 Å². The first kappa shape index (κ1) is 17.6. The topological polar surface area (TPSA) is 20.3 Å². The fraction of sp³-hybridized carbons (Fsp3) is 0.381. The monoisotopic (exact) mass is 343 g/mol. The summed E-state index contributed by atoms with van der Waals surface area (Å²) < 4.78 is 27.5. The van der Waals surface area contributed by atoms with Gasteiger partial charge in [0.15, 0.2) is 11.6 Å². The van der Waals surface area contributed by atoms with E-state index in [1.807, 2.05) is 12.1 Å². The molecule has 0 saturated heterocycles. The number of nitrogens with zero attached hydrogens (tertiary/aromatic N) is 1. The van der Waals surface area contributed by atoms with Crippen LogP contribution >= 0.6 is 0 Å². The first-order valence-corrected chi connectivity index (χ1v) is 8.81. The number of carbonyl (C=O) groups excluding carboxylic acids is 1. The molecule has 1 amide bonds. The van der Waals surface area contributed by atoms with E-state index in [0.29, 0.717) is 12.5 Å². The average molecular weight is 343 g/mol. The zero-order chi connectivity index (χ0) is 18.1. The van der Waals surface area contributed by atoms with Gasteiger partial charge in [-0.3, -0.25) is 4.79 Å². The Morgan fingerprint density at radius 3 is 2.68 bits per heavy atom. The van der Waals surface area contributed by atoms with E-state index in [-0.39, 0.29) is 11.5 Å². The van der Waals surface area contributed by atoms with Gasteiger partial charge in [-0.25, -0.2) is 8.78 Å². The molecule has 2 aromatic rings. The molecule has 1 aliphatic heterocycles. The fourth-order valence-corrected chi connectivity index (χ4v) is 3.55. The van der Waals surface area contributed by atoms with E-state index in [4.69, 9.17) is 0 Å². The third-order valence-electron chi connectivity index (χ3n) is 4.79. The van der Waals surface area contributed by atoms with E-state index < -0.39 is 17.5 Å². The molecule has 0 saturated carbocycles. The standard InChI is InChI=1S/C21H23F2NO/c1-4-15-12-24(21(25)16-6-5-7-18(22)20(16)23)19-9-8-14(10-13(2)3)11-17(15)19/h5-9,11,13,15H,4,10,12H2,1-3H3. The second-order valence-corrected chi connectivity index (χ2v) is 7.11. The van der Waals surface area contributed by atoms with Gasteiger partial charge in [-0.05, 0) is 48.1 Å². The molecule has 3 rings (SSSR count). The zero-order valence-corrected chi connectivity index (χ0v) is 14.9. The maximum absolute atomic E-state index is 14.0. The molecule has 0 N–H and O–H groups in total. The summed E-state index contributed by atoms with van der Waals surface area (Å²) in [5, 5.41) is 0. The molecule has 0 aliphatic carbocycles. The Morgan fingerprint density at radius 2 is 2.00 bits per heavy atom. The van der Waals surface area contributed by atoms with E-state index in [0.717, 1.165) is 30.2 Å². The lowest BCUT2D eigenvalue weighted by atomic mass is 9.94. The Morgan fingerprint density at radius 1 is 1.24 bits per heavy atom. The van der Waals surface area contributed by atoms with Gasteiger partial charge >= 0.3 is 0 Å². The Hall–Kier alpha value is -2.23. The van der Waals surface area contributed by atoms with Gasteiger partial charge in [0.25, 0.3) is 5.91 Å². The van der Waals surface area contributed by atoms with Crippen LogP contribution in [0.3, 0.4) is 0 Å². The number of halogens is 2. The third kappa shape index (κ3) is 3.30. The number of hydrogen-bond donors (Lipinski definition) is 0. The molecular formula is C21H23F2NO. The van der Waals surface area contributed by atoms with Crippen molar-refractivity contribution in [1.82, 2.24) is 0 Å². The minimum atomic E-state index is -1.08. The SMILES string of the molecule is CCC1CN(C(=O)c2cccc(F)c2F)c2ccc(CC(C)C)cc21. The van der Waals surface area contributed by atoms with Crippen LogP contribution in [0.2, 0.25) is 0 Å². The smallest absolute Gasteiger partial charge is 0.261 e. The predicted molar refractivity (Wildman–Crippen MR) is 96.1 cm³/mol. The highest BCUT2D eigenvalue weighted by Gasteiger charge is 2.33. The molecular weight excluding hydrogens is 320 g/mol. The predicted octanol–water partition coefficient (Wildman–Crippen LogP) is 5.32. The number of fused-ring (bicyclic) bond motifs is 1. The van der Waals surface area contributed by atoms with E-state index in [1.54, 1.807) is 4.90 Å². The second-order valence-electron chi connectivity index (χ2n) is 7.11. The van der Waals surface area contributed by atoms with Crippen LogP contribution in [0.4, 0.5) is 14.5 Å². The molecule has 25 heavy (non-hydrogen) atoms. The number of carbonyl (C=O) groups is 1. The average Bonchev–Trinajstić information content (AvgIpc) is 2.94. The molecule has 2 nitrogen and oxygen atoms in total. The van der Waals surface area contributed by atoms with Crippen LogP contribution in [0, 0.1) is 17.6 Å². The van der Waals surface area contributed by atoms with Crippen LogP contribution in [-0.2, 0) is 6.42 Å². The lowest BCUT2D eigenvalue weighted by molar-refractivity contribution is 0.0983.